The van der Waals surface area contributed by atoms with Gasteiger partial charge in [-0.2, -0.15) is 0 Å². The first-order valence-corrected chi connectivity index (χ1v) is 12.7. The van der Waals surface area contributed by atoms with Crippen LogP contribution in [0.1, 0.15) is 70.8 Å². The van der Waals surface area contributed by atoms with Crippen LogP contribution in [0.15, 0.2) is 24.3 Å². The van der Waals surface area contributed by atoms with Crippen LogP contribution in [0.5, 0.6) is 5.75 Å². The number of ether oxygens (including phenoxy) is 3. The quantitative estimate of drug-likeness (QED) is 0.361. The van der Waals surface area contributed by atoms with Gasteiger partial charge in [-0.05, 0) is 101 Å². The van der Waals surface area contributed by atoms with Crippen LogP contribution >= 0.6 is 0 Å². The Morgan fingerprint density at radius 2 is 1.67 bits per heavy atom. The van der Waals surface area contributed by atoms with Crippen LogP contribution in [0.25, 0.3) is 0 Å². The van der Waals surface area contributed by atoms with Crippen molar-refractivity contribution < 1.29 is 23.8 Å². The van der Waals surface area contributed by atoms with E-state index in [2.05, 4.69) is 5.32 Å². The third-order valence-electron chi connectivity index (χ3n) is 7.60. The number of esters is 1. The van der Waals surface area contributed by atoms with Crippen molar-refractivity contribution in [3.05, 3.63) is 29.8 Å². The van der Waals surface area contributed by atoms with Crippen molar-refractivity contribution in [1.82, 2.24) is 5.32 Å². The van der Waals surface area contributed by atoms with Crippen molar-refractivity contribution in [3.8, 4) is 5.75 Å². The summed E-state index contributed by atoms with van der Waals surface area (Å²) in [6.45, 7) is 5.28. The van der Waals surface area contributed by atoms with Gasteiger partial charge in [-0.25, -0.2) is 4.79 Å². The maximum atomic E-state index is 12.4. The second-order valence-electron chi connectivity index (χ2n) is 10.6. The molecule has 4 fully saturated rings. The molecule has 1 aromatic carbocycles. The van der Waals surface area contributed by atoms with Crippen molar-refractivity contribution in [3.63, 3.8) is 0 Å². The molecule has 6 heteroatoms. The SMILES string of the molecule is CCOC(=O)CCCOc1ccc(C[C@@H](C)NC(=O)OCC23CC4CC(CC(C4)C2)C3)cc1. The lowest BCUT2D eigenvalue weighted by molar-refractivity contribution is -0.143. The molecule has 1 N–H and O–H groups in total. The Labute approximate surface area is 197 Å². The Kier molecular flexibility index (Phi) is 7.82. The number of hydrogen-bond donors (Lipinski definition) is 1. The Morgan fingerprint density at radius 3 is 2.27 bits per heavy atom. The summed E-state index contributed by atoms with van der Waals surface area (Å²) in [6.07, 6.45) is 9.40. The lowest BCUT2D eigenvalue weighted by atomic mass is 9.50. The number of hydrogen-bond acceptors (Lipinski definition) is 5. The van der Waals surface area contributed by atoms with Crippen LogP contribution in [0.3, 0.4) is 0 Å². The number of alkyl carbamates (subject to hydrolysis) is 1. The molecule has 0 unspecified atom stereocenters. The number of carbonyl (C=O) groups is 2. The fraction of sp³-hybridized carbons (Fsp3) is 0.704. The summed E-state index contributed by atoms with van der Waals surface area (Å²) in [5.74, 6) is 3.19. The van der Waals surface area contributed by atoms with E-state index in [1.54, 1.807) is 6.92 Å². The minimum atomic E-state index is -0.292. The van der Waals surface area contributed by atoms with Gasteiger partial charge in [0.05, 0.1) is 19.8 Å². The minimum Gasteiger partial charge on any atom is -0.494 e. The number of rotatable bonds is 11. The summed E-state index contributed by atoms with van der Waals surface area (Å²) in [6, 6.07) is 7.87. The molecule has 0 radical (unpaired) electrons. The van der Waals surface area contributed by atoms with E-state index >= 15 is 0 Å². The Hall–Kier alpha value is -2.24. The zero-order valence-electron chi connectivity index (χ0n) is 20.1. The molecule has 4 aliphatic carbocycles. The first kappa shape index (κ1) is 23.9. The molecule has 5 rings (SSSR count). The van der Waals surface area contributed by atoms with Gasteiger partial charge in [0.25, 0.3) is 0 Å². The largest absolute Gasteiger partial charge is 0.494 e. The van der Waals surface area contributed by atoms with Crippen LogP contribution in [0.4, 0.5) is 4.79 Å². The van der Waals surface area contributed by atoms with Gasteiger partial charge in [0, 0.05) is 17.9 Å². The van der Waals surface area contributed by atoms with Gasteiger partial charge in [0.15, 0.2) is 0 Å². The van der Waals surface area contributed by atoms with E-state index in [1.807, 2.05) is 31.2 Å². The summed E-state index contributed by atoms with van der Waals surface area (Å²) >= 11 is 0. The highest BCUT2D eigenvalue weighted by atomic mass is 16.5. The van der Waals surface area contributed by atoms with Gasteiger partial charge in [-0.15, -0.1) is 0 Å². The van der Waals surface area contributed by atoms with E-state index in [4.69, 9.17) is 14.2 Å². The molecule has 6 nitrogen and oxygen atoms in total. The van der Waals surface area contributed by atoms with E-state index in [1.165, 1.54) is 38.5 Å². The van der Waals surface area contributed by atoms with Gasteiger partial charge in [-0.3, -0.25) is 4.79 Å². The van der Waals surface area contributed by atoms with Gasteiger partial charge < -0.3 is 19.5 Å². The summed E-state index contributed by atoms with van der Waals surface area (Å²) < 4.78 is 16.3. The van der Waals surface area contributed by atoms with Gasteiger partial charge in [-0.1, -0.05) is 12.1 Å². The average molecular weight is 458 g/mol. The van der Waals surface area contributed by atoms with Crippen LogP contribution in [0.2, 0.25) is 0 Å². The van der Waals surface area contributed by atoms with E-state index in [0.29, 0.717) is 32.7 Å². The molecule has 0 aliphatic heterocycles. The molecule has 4 saturated carbocycles. The second kappa shape index (κ2) is 10.8. The van der Waals surface area contributed by atoms with E-state index in [0.717, 1.165) is 35.5 Å². The van der Waals surface area contributed by atoms with Crippen molar-refractivity contribution in [2.75, 3.05) is 19.8 Å². The summed E-state index contributed by atoms with van der Waals surface area (Å²) in [5.41, 5.74) is 1.38. The van der Waals surface area contributed by atoms with Crippen LogP contribution in [-0.4, -0.2) is 37.9 Å². The number of carbonyl (C=O) groups excluding carboxylic acids is 2. The number of benzene rings is 1. The van der Waals surface area contributed by atoms with Crippen LogP contribution in [0, 0.1) is 23.2 Å². The molecule has 4 bridgehead atoms. The van der Waals surface area contributed by atoms with Gasteiger partial charge in [0.1, 0.15) is 5.75 Å². The molecule has 0 saturated heterocycles. The zero-order valence-corrected chi connectivity index (χ0v) is 20.1. The molecule has 1 aromatic rings. The molecule has 33 heavy (non-hydrogen) atoms. The predicted octanol–water partition coefficient (Wildman–Crippen LogP) is 5.28. The Bertz CT molecular complexity index is 770. The Morgan fingerprint density at radius 1 is 1.03 bits per heavy atom. The first-order chi connectivity index (χ1) is 15.9. The summed E-state index contributed by atoms with van der Waals surface area (Å²) in [7, 11) is 0. The average Bonchev–Trinajstić information content (AvgIpc) is 2.76. The van der Waals surface area contributed by atoms with Gasteiger partial charge in [0.2, 0.25) is 0 Å². The summed E-state index contributed by atoms with van der Waals surface area (Å²) in [5, 5.41) is 3.00. The lowest BCUT2D eigenvalue weighted by Gasteiger charge is -2.56. The maximum Gasteiger partial charge on any atom is 0.407 e. The topological polar surface area (TPSA) is 73.9 Å². The van der Waals surface area contributed by atoms with Crippen molar-refractivity contribution in [2.24, 2.45) is 23.2 Å². The highest BCUT2D eigenvalue weighted by Gasteiger charge is 2.51. The normalized spacial score (nSPS) is 28.2. The van der Waals surface area contributed by atoms with Crippen LogP contribution in [-0.2, 0) is 20.7 Å². The second-order valence-corrected chi connectivity index (χ2v) is 10.6. The van der Waals surface area contributed by atoms with Crippen molar-refractivity contribution in [2.45, 2.75) is 77.7 Å². The summed E-state index contributed by atoms with van der Waals surface area (Å²) in [4.78, 5) is 23.8. The first-order valence-electron chi connectivity index (χ1n) is 12.7. The maximum absolute atomic E-state index is 12.4. The molecular formula is C27H39NO5. The van der Waals surface area contributed by atoms with E-state index < -0.39 is 0 Å². The predicted molar refractivity (Wildman–Crippen MR) is 126 cm³/mol. The number of amides is 1. The lowest BCUT2D eigenvalue weighted by Crippen LogP contribution is -2.49. The molecule has 0 spiro atoms. The molecule has 182 valence electrons. The van der Waals surface area contributed by atoms with Crippen molar-refractivity contribution >= 4 is 12.1 Å². The molecular weight excluding hydrogens is 418 g/mol. The van der Waals surface area contributed by atoms with Crippen molar-refractivity contribution in [1.29, 1.82) is 0 Å². The van der Waals surface area contributed by atoms with Crippen LogP contribution < -0.4 is 10.1 Å². The molecule has 0 aromatic heterocycles. The molecule has 0 heterocycles. The minimum absolute atomic E-state index is 0.00907. The smallest absolute Gasteiger partial charge is 0.407 e. The standard InChI is InChI=1S/C27H39NO5/c1-3-31-25(29)5-4-10-32-24-8-6-20(7-9-24)11-19(2)28-26(30)33-18-27-15-21-12-22(16-27)14-23(13-21)17-27/h6-9,19,21-23H,3-5,10-18H2,1-2H3,(H,28,30)/t19-,21?,22?,23?,27?/m1/s1. The van der Waals surface area contributed by atoms with E-state index in [9.17, 15) is 9.59 Å². The number of nitrogens with one attached hydrogen (secondary N) is 1. The third kappa shape index (κ3) is 6.64. The molecule has 4 aliphatic rings. The van der Waals surface area contributed by atoms with E-state index in [-0.39, 0.29) is 23.5 Å². The Balaban J connectivity index is 1.14. The highest BCUT2D eigenvalue weighted by molar-refractivity contribution is 5.69. The third-order valence-corrected chi connectivity index (χ3v) is 7.60. The highest BCUT2D eigenvalue weighted by Crippen LogP contribution is 2.60. The fourth-order valence-electron chi connectivity index (χ4n) is 6.69. The monoisotopic (exact) mass is 457 g/mol. The van der Waals surface area contributed by atoms with Gasteiger partial charge >= 0.3 is 12.1 Å². The molecule has 1 atom stereocenters. The zero-order chi connectivity index (χ0) is 23.3. The fourth-order valence-corrected chi connectivity index (χ4v) is 6.69. The molecule has 1 amide bonds.